The molecule has 1 heterocycles. The number of H-pyrrole nitrogens is 1. The van der Waals surface area contributed by atoms with E-state index in [1.165, 1.54) is 10.9 Å². The van der Waals surface area contributed by atoms with Gasteiger partial charge in [0.1, 0.15) is 0 Å². The highest BCUT2D eigenvalue weighted by Crippen LogP contribution is 2.29. The second-order valence-electron chi connectivity index (χ2n) is 6.88. The number of carbonyl (C=O) groups is 2. The Morgan fingerprint density at radius 1 is 1.38 bits per heavy atom. The molecule has 1 aliphatic carbocycles. The first-order chi connectivity index (χ1) is 11.5. The monoisotopic (exact) mass is 328 g/mol. The molecule has 3 rings (SSSR count). The highest BCUT2D eigenvalue weighted by atomic mass is 16.4. The number of nitrogens with zero attached hydrogens (tertiary/aromatic N) is 1. The third-order valence-electron chi connectivity index (χ3n) is 4.73. The van der Waals surface area contributed by atoms with Crippen molar-refractivity contribution in [2.75, 3.05) is 6.54 Å². The first-order valence-electron chi connectivity index (χ1n) is 8.54. The lowest BCUT2D eigenvalue weighted by atomic mass is 10.1. The lowest BCUT2D eigenvalue weighted by Crippen LogP contribution is -2.38. The SMILES string of the molecule is Cc1ccc2[nH]cc(CCC(=O)N(CC(C)C(=O)O)C3CC3)c2c1. The van der Waals surface area contributed by atoms with Crippen LogP contribution in [-0.2, 0) is 16.0 Å². The van der Waals surface area contributed by atoms with Gasteiger partial charge >= 0.3 is 5.97 Å². The molecule has 1 atom stereocenters. The van der Waals surface area contributed by atoms with Gasteiger partial charge in [0.05, 0.1) is 5.92 Å². The molecular weight excluding hydrogens is 304 g/mol. The van der Waals surface area contributed by atoms with E-state index in [9.17, 15) is 9.59 Å². The number of amides is 1. The van der Waals surface area contributed by atoms with E-state index in [1.54, 1.807) is 11.8 Å². The number of aromatic nitrogens is 1. The minimum Gasteiger partial charge on any atom is -0.481 e. The summed E-state index contributed by atoms with van der Waals surface area (Å²) in [6.07, 6.45) is 5.05. The molecule has 1 fully saturated rings. The van der Waals surface area contributed by atoms with Gasteiger partial charge < -0.3 is 15.0 Å². The van der Waals surface area contributed by atoms with Crippen molar-refractivity contribution < 1.29 is 14.7 Å². The number of carboxylic acid groups (broad SMARTS) is 1. The van der Waals surface area contributed by atoms with Gasteiger partial charge in [0.2, 0.25) is 5.91 Å². The summed E-state index contributed by atoms with van der Waals surface area (Å²) >= 11 is 0. The summed E-state index contributed by atoms with van der Waals surface area (Å²) in [5.41, 5.74) is 3.43. The van der Waals surface area contributed by atoms with Crippen LogP contribution in [0.2, 0.25) is 0 Å². The molecule has 0 bridgehead atoms. The predicted molar refractivity (Wildman–Crippen MR) is 92.9 cm³/mol. The van der Waals surface area contributed by atoms with Crippen LogP contribution in [0.3, 0.4) is 0 Å². The minimum atomic E-state index is -0.847. The van der Waals surface area contributed by atoms with Crippen molar-refractivity contribution in [3.8, 4) is 0 Å². The van der Waals surface area contributed by atoms with Crippen LogP contribution in [0.15, 0.2) is 24.4 Å². The van der Waals surface area contributed by atoms with Gasteiger partial charge in [-0.1, -0.05) is 18.6 Å². The van der Waals surface area contributed by atoms with E-state index in [0.29, 0.717) is 19.4 Å². The largest absolute Gasteiger partial charge is 0.481 e. The fourth-order valence-corrected chi connectivity index (χ4v) is 3.10. The van der Waals surface area contributed by atoms with Gasteiger partial charge in [0.15, 0.2) is 0 Å². The number of fused-ring (bicyclic) bond motifs is 1. The number of carboxylic acids is 1. The molecule has 1 unspecified atom stereocenters. The molecule has 5 heteroatoms. The van der Waals surface area contributed by atoms with Crippen molar-refractivity contribution in [1.82, 2.24) is 9.88 Å². The Morgan fingerprint density at radius 3 is 2.79 bits per heavy atom. The van der Waals surface area contributed by atoms with Gasteiger partial charge in [0.25, 0.3) is 0 Å². The first kappa shape index (κ1) is 16.6. The van der Waals surface area contributed by atoms with Crippen LogP contribution >= 0.6 is 0 Å². The van der Waals surface area contributed by atoms with Crippen molar-refractivity contribution in [2.45, 2.75) is 45.6 Å². The summed E-state index contributed by atoms with van der Waals surface area (Å²) in [6.45, 7) is 4.03. The number of benzene rings is 1. The molecule has 24 heavy (non-hydrogen) atoms. The Labute approximate surface area is 141 Å². The van der Waals surface area contributed by atoms with E-state index in [0.717, 1.165) is 23.9 Å². The van der Waals surface area contributed by atoms with Crippen molar-refractivity contribution in [2.24, 2.45) is 5.92 Å². The number of rotatable bonds is 7. The first-order valence-corrected chi connectivity index (χ1v) is 8.54. The van der Waals surface area contributed by atoms with Crippen LogP contribution in [0.25, 0.3) is 10.9 Å². The fraction of sp³-hybridized carbons (Fsp3) is 0.474. The smallest absolute Gasteiger partial charge is 0.308 e. The highest BCUT2D eigenvalue weighted by molar-refractivity contribution is 5.85. The second kappa shape index (κ2) is 6.67. The van der Waals surface area contributed by atoms with Crippen molar-refractivity contribution in [1.29, 1.82) is 0 Å². The zero-order valence-corrected chi connectivity index (χ0v) is 14.2. The molecule has 1 aromatic heterocycles. The minimum absolute atomic E-state index is 0.0626. The predicted octanol–water partition coefficient (Wildman–Crippen LogP) is 3.12. The normalized spacial score (nSPS) is 15.4. The zero-order chi connectivity index (χ0) is 17.3. The number of hydrogen-bond acceptors (Lipinski definition) is 2. The third kappa shape index (κ3) is 3.61. The van der Waals surface area contributed by atoms with E-state index >= 15 is 0 Å². The molecular formula is C19H24N2O3. The Balaban J connectivity index is 1.66. The molecule has 1 aromatic carbocycles. The average Bonchev–Trinajstić information content (AvgIpc) is 3.31. The highest BCUT2D eigenvalue weighted by Gasteiger charge is 2.34. The topological polar surface area (TPSA) is 73.4 Å². The van der Waals surface area contributed by atoms with Crippen LogP contribution in [0.4, 0.5) is 0 Å². The van der Waals surface area contributed by atoms with Gasteiger partial charge in [-0.05, 0) is 43.9 Å². The molecule has 1 amide bonds. The number of hydrogen-bond donors (Lipinski definition) is 2. The molecule has 128 valence electrons. The quantitative estimate of drug-likeness (QED) is 0.820. The van der Waals surface area contributed by atoms with Gasteiger partial charge in [-0.15, -0.1) is 0 Å². The van der Waals surface area contributed by atoms with Crippen molar-refractivity contribution in [3.63, 3.8) is 0 Å². The summed E-state index contributed by atoms with van der Waals surface area (Å²) in [4.78, 5) is 28.7. The maximum atomic E-state index is 12.6. The molecule has 2 N–H and O–H groups in total. The summed E-state index contributed by atoms with van der Waals surface area (Å²) in [6, 6.07) is 6.50. The van der Waals surface area contributed by atoms with E-state index < -0.39 is 11.9 Å². The van der Waals surface area contributed by atoms with Gasteiger partial charge in [-0.3, -0.25) is 9.59 Å². The molecule has 0 spiro atoms. The number of carbonyl (C=O) groups excluding carboxylic acids is 1. The average molecular weight is 328 g/mol. The Kier molecular flexibility index (Phi) is 4.60. The maximum Gasteiger partial charge on any atom is 0.308 e. The van der Waals surface area contributed by atoms with Crippen LogP contribution in [0, 0.1) is 12.8 Å². The summed E-state index contributed by atoms with van der Waals surface area (Å²) < 4.78 is 0. The fourth-order valence-electron chi connectivity index (χ4n) is 3.10. The van der Waals surface area contributed by atoms with Crippen LogP contribution in [0.5, 0.6) is 0 Å². The molecule has 2 aromatic rings. The molecule has 0 radical (unpaired) electrons. The number of nitrogens with one attached hydrogen (secondary N) is 1. The van der Waals surface area contributed by atoms with E-state index in [1.807, 2.05) is 6.20 Å². The molecule has 0 saturated heterocycles. The maximum absolute atomic E-state index is 12.6. The Morgan fingerprint density at radius 2 is 2.12 bits per heavy atom. The lowest BCUT2D eigenvalue weighted by molar-refractivity contribution is -0.143. The zero-order valence-electron chi connectivity index (χ0n) is 14.2. The van der Waals surface area contributed by atoms with Crippen LogP contribution in [0.1, 0.15) is 37.3 Å². The summed E-state index contributed by atoms with van der Waals surface area (Å²) in [5.74, 6) is -1.31. The number of aryl methyl sites for hydroxylation is 2. The van der Waals surface area contributed by atoms with E-state index in [2.05, 4.69) is 30.1 Å². The Hall–Kier alpha value is -2.30. The van der Waals surface area contributed by atoms with Crippen molar-refractivity contribution >= 4 is 22.8 Å². The Bertz CT molecular complexity index is 761. The number of aliphatic carboxylic acids is 1. The van der Waals surface area contributed by atoms with Crippen molar-refractivity contribution in [3.05, 3.63) is 35.5 Å². The van der Waals surface area contributed by atoms with Gasteiger partial charge in [-0.25, -0.2) is 0 Å². The lowest BCUT2D eigenvalue weighted by Gasteiger charge is -2.24. The van der Waals surface area contributed by atoms with Crippen LogP contribution < -0.4 is 0 Å². The van der Waals surface area contributed by atoms with Gasteiger partial charge in [0, 0.05) is 36.1 Å². The molecule has 0 aliphatic heterocycles. The molecule has 1 saturated carbocycles. The van der Waals surface area contributed by atoms with E-state index in [4.69, 9.17) is 5.11 Å². The van der Waals surface area contributed by atoms with Gasteiger partial charge in [-0.2, -0.15) is 0 Å². The summed E-state index contributed by atoms with van der Waals surface area (Å²) in [7, 11) is 0. The van der Waals surface area contributed by atoms with Crippen LogP contribution in [-0.4, -0.2) is 39.5 Å². The van der Waals surface area contributed by atoms with E-state index in [-0.39, 0.29) is 11.9 Å². The standard InChI is InChI=1S/C19H24N2O3/c1-12-3-7-17-16(9-12)14(10-20-17)4-8-18(22)21(15-5-6-15)11-13(2)19(23)24/h3,7,9-10,13,15,20H,4-6,8,11H2,1-2H3,(H,23,24). The molecule has 1 aliphatic rings. The number of aromatic amines is 1. The molecule has 5 nitrogen and oxygen atoms in total. The summed E-state index contributed by atoms with van der Waals surface area (Å²) in [5, 5.41) is 10.3. The second-order valence-corrected chi connectivity index (χ2v) is 6.88. The third-order valence-corrected chi connectivity index (χ3v) is 4.73.